The molecule has 3 aromatic rings. The summed E-state index contributed by atoms with van der Waals surface area (Å²) in [7, 11) is 0. The molecule has 0 saturated carbocycles. The average molecular weight is 416 g/mol. The molecule has 158 valence electrons. The summed E-state index contributed by atoms with van der Waals surface area (Å²) in [5.74, 6) is 0.366. The fraction of sp³-hybridized carbons (Fsp3) is 0.130. The number of carbonyl (C=O) groups excluding carboxylic acids is 1. The molecule has 0 unspecified atom stereocenters. The highest BCUT2D eigenvalue weighted by Gasteiger charge is 2.17. The zero-order valence-electron chi connectivity index (χ0n) is 17.0. The van der Waals surface area contributed by atoms with Gasteiger partial charge in [0.05, 0.1) is 17.9 Å². The number of nitrogens with zero attached hydrogens (tertiary/aromatic N) is 3. The standard InChI is InChI=1S/C23H24N6O2/c1-2-19(31)29(18-6-4-3-5-7-18)13-12-26-23-20(22(25)27-15-28-23)21(24)17-10-8-16(14-30)9-11-17/h2-11,15,24,30H,1,12-14H2,(H3,25,26,27,28). The molecule has 3 rings (SSSR count). The van der Waals surface area contributed by atoms with Crippen molar-refractivity contribution in [2.24, 2.45) is 0 Å². The third-order valence-corrected chi connectivity index (χ3v) is 4.69. The summed E-state index contributed by atoms with van der Waals surface area (Å²) in [6.07, 6.45) is 2.60. The highest BCUT2D eigenvalue weighted by molar-refractivity contribution is 6.16. The molecule has 0 saturated heterocycles. The van der Waals surface area contributed by atoms with Gasteiger partial charge in [-0.1, -0.05) is 49.0 Å². The van der Waals surface area contributed by atoms with Crippen LogP contribution in [0.3, 0.4) is 0 Å². The molecule has 0 spiro atoms. The van der Waals surface area contributed by atoms with Crippen LogP contribution < -0.4 is 16.0 Å². The molecule has 0 bridgehead atoms. The molecule has 0 atom stereocenters. The fourth-order valence-corrected chi connectivity index (χ4v) is 3.07. The van der Waals surface area contributed by atoms with E-state index in [0.717, 1.165) is 11.3 Å². The van der Waals surface area contributed by atoms with Crippen LogP contribution in [0.4, 0.5) is 17.3 Å². The highest BCUT2D eigenvalue weighted by Crippen LogP contribution is 2.22. The number of amides is 1. The summed E-state index contributed by atoms with van der Waals surface area (Å²) < 4.78 is 0. The zero-order chi connectivity index (χ0) is 22.2. The van der Waals surface area contributed by atoms with E-state index in [-0.39, 0.29) is 24.0 Å². The second-order valence-electron chi connectivity index (χ2n) is 6.67. The molecular formula is C23H24N6O2. The van der Waals surface area contributed by atoms with Crippen molar-refractivity contribution in [1.82, 2.24) is 9.97 Å². The Morgan fingerprint density at radius 2 is 1.87 bits per heavy atom. The van der Waals surface area contributed by atoms with E-state index in [0.29, 0.717) is 30.0 Å². The van der Waals surface area contributed by atoms with Gasteiger partial charge < -0.3 is 21.1 Å². The van der Waals surface area contributed by atoms with Gasteiger partial charge in [0.25, 0.3) is 0 Å². The Morgan fingerprint density at radius 1 is 1.16 bits per heavy atom. The summed E-state index contributed by atoms with van der Waals surface area (Å²) in [4.78, 5) is 22.2. The van der Waals surface area contributed by atoms with Crippen molar-refractivity contribution in [2.75, 3.05) is 29.0 Å². The van der Waals surface area contributed by atoms with Crippen molar-refractivity contribution in [2.45, 2.75) is 6.61 Å². The molecule has 1 heterocycles. The number of para-hydroxylation sites is 1. The molecule has 0 aliphatic rings. The molecule has 0 aliphatic carbocycles. The van der Waals surface area contributed by atoms with Crippen LogP contribution in [-0.4, -0.2) is 39.8 Å². The zero-order valence-corrected chi connectivity index (χ0v) is 17.0. The van der Waals surface area contributed by atoms with Gasteiger partial charge >= 0.3 is 0 Å². The van der Waals surface area contributed by atoms with Gasteiger partial charge in [-0.2, -0.15) is 0 Å². The van der Waals surface area contributed by atoms with Crippen LogP contribution >= 0.6 is 0 Å². The first-order valence-electron chi connectivity index (χ1n) is 9.67. The SMILES string of the molecule is C=CC(=O)N(CCNc1ncnc(N)c1C(=N)c1ccc(CO)cc1)c1ccccc1. The molecule has 2 aromatic carbocycles. The number of aliphatic hydroxyl groups excluding tert-OH is 1. The third kappa shape index (κ3) is 5.12. The van der Waals surface area contributed by atoms with E-state index in [9.17, 15) is 9.90 Å². The fourth-order valence-electron chi connectivity index (χ4n) is 3.07. The molecule has 0 radical (unpaired) electrons. The highest BCUT2D eigenvalue weighted by atomic mass is 16.3. The normalized spacial score (nSPS) is 10.4. The van der Waals surface area contributed by atoms with E-state index in [1.54, 1.807) is 29.2 Å². The van der Waals surface area contributed by atoms with Gasteiger partial charge in [0, 0.05) is 24.3 Å². The lowest BCUT2D eigenvalue weighted by Crippen LogP contribution is -2.34. The van der Waals surface area contributed by atoms with E-state index in [4.69, 9.17) is 11.1 Å². The van der Waals surface area contributed by atoms with E-state index in [1.807, 2.05) is 30.3 Å². The quantitative estimate of drug-likeness (QED) is 0.314. The Morgan fingerprint density at radius 3 is 2.52 bits per heavy atom. The smallest absolute Gasteiger partial charge is 0.250 e. The Hall–Kier alpha value is -4.04. The number of anilines is 3. The maximum absolute atomic E-state index is 12.3. The van der Waals surface area contributed by atoms with Crippen LogP contribution in [0.25, 0.3) is 0 Å². The topological polar surface area (TPSA) is 128 Å². The van der Waals surface area contributed by atoms with E-state index in [1.165, 1.54) is 12.4 Å². The van der Waals surface area contributed by atoms with Crippen molar-refractivity contribution in [1.29, 1.82) is 5.41 Å². The van der Waals surface area contributed by atoms with Gasteiger partial charge in [0.2, 0.25) is 5.91 Å². The van der Waals surface area contributed by atoms with Gasteiger partial charge in [-0.3, -0.25) is 10.2 Å². The number of hydrogen-bond acceptors (Lipinski definition) is 7. The molecule has 1 amide bonds. The van der Waals surface area contributed by atoms with Crippen molar-refractivity contribution in [3.63, 3.8) is 0 Å². The van der Waals surface area contributed by atoms with Crippen molar-refractivity contribution in [3.05, 3.63) is 90.3 Å². The lowest BCUT2D eigenvalue weighted by molar-refractivity contribution is -0.114. The number of benzene rings is 2. The number of aliphatic hydroxyl groups is 1. The molecule has 8 heteroatoms. The van der Waals surface area contributed by atoms with Gasteiger partial charge in [-0.25, -0.2) is 9.97 Å². The largest absolute Gasteiger partial charge is 0.392 e. The number of aromatic nitrogens is 2. The predicted molar refractivity (Wildman–Crippen MR) is 122 cm³/mol. The number of nitrogens with one attached hydrogen (secondary N) is 2. The first kappa shape index (κ1) is 21.7. The molecule has 0 aliphatic heterocycles. The maximum atomic E-state index is 12.3. The average Bonchev–Trinajstić information content (AvgIpc) is 2.81. The Bertz CT molecular complexity index is 1070. The van der Waals surface area contributed by atoms with Crippen LogP contribution in [0, 0.1) is 5.41 Å². The van der Waals surface area contributed by atoms with Gasteiger partial charge in [-0.05, 0) is 23.8 Å². The van der Waals surface area contributed by atoms with Crippen LogP contribution in [0.15, 0.2) is 73.6 Å². The number of carbonyl (C=O) groups is 1. The third-order valence-electron chi connectivity index (χ3n) is 4.69. The molecule has 0 fully saturated rings. The van der Waals surface area contributed by atoms with E-state index < -0.39 is 0 Å². The van der Waals surface area contributed by atoms with Crippen LogP contribution in [0.1, 0.15) is 16.7 Å². The molecular weight excluding hydrogens is 392 g/mol. The second-order valence-corrected chi connectivity index (χ2v) is 6.67. The van der Waals surface area contributed by atoms with E-state index >= 15 is 0 Å². The summed E-state index contributed by atoms with van der Waals surface area (Å²) in [6, 6.07) is 16.3. The number of nitrogen functional groups attached to an aromatic ring is 1. The Labute approximate surface area is 180 Å². The van der Waals surface area contributed by atoms with Crippen molar-refractivity contribution >= 4 is 28.9 Å². The number of nitrogens with two attached hydrogens (primary N) is 1. The minimum atomic E-state index is -0.216. The van der Waals surface area contributed by atoms with Crippen LogP contribution in [-0.2, 0) is 11.4 Å². The monoisotopic (exact) mass is 416 g/mol. The minimum Gasteiger partial charge on any atom is -0.392 e. The number of rotatable bonds is 9. The molecule has 5 N–H and O–H groups in total. The van der Waals surface area contributed by atoms with Gasteiger partial charge in [0.1, 0.15) is 18.0 Å². The van der Waals surface area contributed by atoms with E-state index in [2.05, 4.69) is 21.9 Å². The molecule has 8 nitrogen and oxygen atoms in total. The Kier molecular flexibility index (Phi) is 7.08. The summed E-state index contributed by atoms with van der Waals surface area (Å²) in [5.41, 5.74) is 8.72. The van der Waals surface area contributed by atoms with Crippen molar-refractivity contribution in [3.8, 4) is 0 Å². The molecule has 31 heavy (non-hydrogen) atoms. The first-order chi connectivity index (χ1) is 15.0. The minimum absolute atomic E-state index is 0.0711. The first-order valence-corrected chi connectivity index (χ1v) is 9.67. The second kappa shape index (κ2) is 10.1. The van der Waals surface area contributed by atoms with Crippen molar-refractivity contribution < 1.29 is 9.90 Å². The molecule has 1 aromatic heterocycles. The lowest BCUT2D eigenvalue weighted by atomic mass is 10.0. The number of hydrogen-bond donors (Lipinski definition) is 4. The lowest BCUT2D eigenvalue weighted by Gasteiger charge is -2.22. The summed E-state index contributed by atoms with van der Waals surface area (Å²) in [5, 5.41) is 21.0. The van der Waals surface area contributed by atoms with Crippen LogP contribution in [0.2, 0.25) is 0 Å². The van der Waals surface area contributed by atoms with Gasteiger partial charge in [-0.15, -0.1) is 0 Å². The predicted octanol–water partition coefficient (Wildman–Crippen LogP) is 2.60. The van der Waals surface area contributed by atoms with Gasteiger partial charge in [0.15, 0.2) is 0 Å². The summed E-state index contributed by atoms with van der Waals surface area (Å²) >= 11 is 0. The van der Waals surface area contributed by atoms with Crippen LogP contribution in [0.5, 0.6) is 0 Å². The maximum Gasteiger partial charge on any atom is 0.250 e. The summed E-state index contributed by atoms with van der Waals surface area (Å²) in [6.45, 7) is 4.23. The Balaban J connectivity index is 1.79.